The lowest BCUT2D eigenvalue weighted by atomic mass is 9.90. The van der Waals surface area contributed by atoms with Crippen LogP contribution in [0.2, 0.25) is 5.02 Å². The van der Waals surface area contributed by atoms with Gasteiger partial charge in [0.05, 0.1) is 5.02 Å². The lowest BCUT2D eigenvalue weighted by Gasteiger charge is -2.06. The normalized spacial score (nSPS) is 12.4. The van der Waals surface area contributed by atoms with Gasteiger partial charge in [0.1, 0.15) is 0 Å². The van der Waals surface area contributed by atoms with Gasteiger partial charge in [-0.3, -0.25) is 0 Å². The second kappa shape index (κ2) is 4.22. The Morgan fingerprint density at radius 3 is 2.20 bits per heavy atom. The molecule has 0 unspecified atom stereocenters. The summed E-state index contributed by atoms with van der Waals surface area (Å²) in [4.78, 5) is 0. The molecule has 82 valence electrons. The van der Waals surface area contributed by atoms with E-state index < -0.39 is 23.6 Å². The summed E-state index contributed by atoms with van der Waals surface area (Å²) in [6, 6.07) is 1.55. The molecule has 0 atom stereocenters. The molecule has 0 saturated heterocycles. The molecule has 0 aliphatic rings. The van der Waals surface area contributed by atoms with Crippen LogP contribution >= 0.6 is 11.6 Å². The first-order chi connectivity index (χ1) is 6.79. The lowest BCUT2D eigenvalue weighted by molar-refractivity contribution is 0.499. The molecule has 15 heavy (non-hydrogen) atoms. The minimum atomic E-state index is -5.10. The monoisotopic (exact) mass is 241 g/mol. The SMILES string of the molecule is Fc1cc(/C=C/[B-](F)(F)F)cc(Cl)c1F. The molecule has 0 bridgehead atoms. The highest BCUT2D eigenvalue weighted by molar-refractivity contribution is 6.64. The zero-order chi connectivity index (χ0) is 11.6. The van der Waals surface area contributed by atoms with Gasteiger partial charge >= 0.3 is 6.98 Å². The van der Waals surface area contributed by atoms with Crippen molar-refractivity contribution in [2.24, 2.45) is 0 Å². The van der Waals surface area contributed by atoms with Crippen LogP contribution in [0.1, 0.15) is 5.56 Å². The number of hydrogen-bond acceptors (Lipinski definition) is 0. The van der Waals surface area contributed by atoms with Gasteiger partial charge in [-0.1, -0.05) is 17.7 Å². The summed E-state index contributed by atoms with van der Waals surface area (Å²) in [5, 5.41) is -0.552. The third kappa shape index (κ3) is 3.55. The summed E-state index contributed by atoms with van der Waals surface area (Å²) in [7, 11) is 0. The fourth-order valence-electron chi connectivity index (χ4n) is 0.892. The molecule has 1 aromatic rings. The average molecular weight is 241 g/mol. The first kappa shape index (κ1) is 12.0. The molecule has 0 aliphatic heterocycles. The van der Waals surface area contributed by atoms with Crippen LogP contribution in [0.5, 0.6) is 0 Å². The fraction of sp³-hybridized carbons (Fsp3) is 0. The van der Waals surface area contributed by atoms with E-state index in [-0.39, 0.29) is 11.5 Å². The predicted octanol–water partition coefficient (Wildman–Crippen LogP) is 4.02. The third-order valence-electron chi connectivity index (χ3n) is 1.51. The Morgan fingerprint density at radius 1 is 1.13 bits per heavy atom. The zero-order valence-corrected chi connectivity index (χ0v) is 7.91. The molecule has 0 fully saturated rings. The van der Waals surface area contributed by atoms with Gasteiger partial charge in [0.2, 0.25) is 0 Å². The Bertz CT molecular complexity index is 376. The van der Waals surface area contributed by atoms with Gasteiger partial charge in [0.15, 0.2) is 11.6 Å². The molecule has 0 nitrogen and oxygen atoms in total. The maximum Gasteiger partial charge on any atom is 0.502 e. The summed E-state index contributed by atoms with van der Waals surface area (Å²) >= 11 is 5.24. The van der Waals surface area contributed by atoms with E-state index in [1.807, 2.05) is 0 Å². The number of rotatable bonds is 2. The van der Waals surface area contributed by atoms with E-state index >= 15 is 0 Å². The van der Waals surface area contributed by atoms with Crippen LogP contribution in [0.3, 0.4) is 0 Å². The van der Waals surface area contributed by atoms with Crippen molar-refractivity contribution in [2.45, 2.75) is 0 Å². The quantitative estimate of drug-likeness (QED) is 0.417. The maximum absolute atomic E-state index is 12.7. The van der Waals surface area contributed by atoms with E-state index in [9.17, 15) is 21.7 Å². The van der Waals surface area contributed by atoms with Crippen LogP contribution in [-0.4, -0.2) is 6.98 Å². The first-order valence-corrected chi connectivity index (χ1v) is 4.21. The molecule has 1 rings (SSSR count). The van der Waals surface area contributed by atoms with Crippen molar-refractivity contribution in [3.63, 3.8) is 0 Å². The maximum atomic E-state index is 12.7. The number of benzene rings is 1. The summed E-state index contributed by atoms with van der Waals surface area (Å²) in [6.07, 6.45) is 0.633. The molecule has 0 heterocycles. The average Bonchev–Trinajstić information content (AvgIpc) is 2.09. The lowest BCUT2D eigenvalue weighted by Crippen LogP contribution is -2.09. The van der Waals surface area contributed by atoms with Crippen molar-refractivity contribution in [1.29, 1.82) is 0 Å². The molecule has 0 N–H and O–H groups in total. The summed E-state index contributed by atoms with van der Waals surface area (Å²) in [5.74, 6) is -2.58. The molecule has 0 saturated carbocycles. The zero-order valence-electron chi connectivity index (χ0n) is 7.15. The van der Waals surface area contributed by atoms with Crippen molar-refractivity contribution < 1.29 is 21.7 Å². The van der Waals surface area contributed by atoms with E-state index in [1.54, 1.807) is 0 Å². The Morgan fingerprint density at radius 2 is 1.73 bits per heavy atom. The molecular formula is C8H4BClF5-. The smallest absolute Gasteiger partial charge is 0.445 e. The second-order valence-corrected chi connectivity index (χ2v) is 3.19. The fourth-order valence-corrected chi connectivity index (χ4v) is 1.11. The molecule has 0 amide bonds. The van der Waals surface area contributed by atoms with Gasteiger partial charge in [-0.15, -0.1) is 5.98 Å². The van der Waals surface area contributed by atoms with Gasteiger partial charge in [-0.05, 0) is 17.7 Å². The van der Waals surface area contributed by atoms with Gasteiger partial charge in [-0.25, -0.2) is 8.78 Å². The molecule has 1 aromatic carbocycles. The third-order valence-corrected chi connectivity index (χ3v) is 1.79. The molecule has 0 aliphatic carbocycles. The van der Waals surface area contributed by atoms with Crippen LogP contribution < -0.4 is 0 Å². The van der Waals surface area contributed by atoms with Crippen molar-refractivity contribution in [2.75, 3.05) is 0 Å². The van der Waals surface area contributed by atoms with Gasteiger partial charge < -0.3 is 12.9 Å². The molecule has 0 radical (unpaired) electrons. The van der Waals surface area contributed by atoms with Crippen molar-refractivity contribution in [3.05, 3.63) is 40.3 Å². The number of halogens is 6. The highest BCUT2D eigenvalue weighted by Gasteiger charge is 2.17. The van der Waals surface area contributed by atoms with E-state index in [0.29, 0.717) is 12.1 Å². The van der Waals surface area contributed by atoms with Crippen molar-refractivity contribution in [3.8, 4) is 0 Å². The van der Waals surface area contributed by atoms with E-state index in [4.69, 9.17) is 11.6 Å². The Kier molecular flexibility index (Phi) is 3.39. The molecular weight excluding hydrogens is 237 g/mol. The van der Waals surface area contributed by atoms with Gasteiger partial charge in [-0.2, -0.15) is 0 Å². The van der Waals surface area contributed by atoms with Crippen LogP contribution in [0.15, 0.2) is 18.1 Å². The molecule has 7 heteroatoms. The minimum Gasteiger partial charge on any atom is -0.445 e. The standard InChI is InChI=1S/C8H4BClF5/c10-6-3-5(1-2-9(13,14)15)4-7(11)8(6)12/h1-4H/q-1/b2-1+. The summed E-state index contributed by atoms with van der Waals surface area (Å²) in [6.45, 7) is -5.10. The minimum absolute atomic E-state index is 0.0248. The Labute approximate surface area is 87.4 Å². The van der Waals surface area contributed by atoms with Crippen LogP contribution in [0.25, 0.3) is 6.08 Å². The molecule has 0 spiro atoms. The Balaban J connectivity index is 3.03. The molecule has 0 aromatic heterocycles. The Hall–Kier alpha value is -1.04. The van der Waals surface area contributed by atoms with Crippen molar-refractivity contribution >= 4 is 24.7 Å². The predicted molar refractivity (Wildman–Crippen MR) is 49.5 cm³/mol. The topological polar surface area (TPSA) is 0 Å². The summed E-state index contributed by atoms with van der Waals surface area (Å²) in [5.41, 5.74) is -0.141. The summed E-state index contributed by atoms with van der Waals surface area (Å²) < 4.78 is 60.7. The first-order valence-electron chi connectivity index (χ1n) is 3.83. The van der Waals surface area contributed by atoms with E-state index in [2.05, 4.69) is 0 Å². The van der Waals surface area contributed by atoms with E-state index in [0.717, 1.165) is 6.07 Å². The highest BCUT2D eigenvalue weighted by atomic mass is 35.5. The van der Waals surface area contributed by atoms with Crippen LogP contribution in [0, 0.1) is 11.6 Å². The van der Waals surface area contributed by atoms with Crippen LogP contribution in [0.4, 0.5) is 21.7 Å². The van der Waals surface area contributed by atoms with Gasteiger partial charge in [0.25, 0.3) is 0 Å². The van der Waals surface area contributed by atoms with Crippen molar-refractivity contribution in [1.82, 2.24) is 0 Å². The second-order valence-electron chi connectivity index (χ2n) is 2.78. The highest BCUT2D eigenvalue weighted by Crippen LogP contribution is 2.21. The largest absolute Gasteiger partial charge is 0.502 e. The van der Waals surface area contributed by atoms with E-state index in [1.165, 1.54) is 0 Å². The number of hydrogen-bond donors (Lipinski definition) is 0. The van der Waals surface area contributed by atoms with Crippen LogP contribution in [-0.2, 0) is 0 Å². The van der Waals surface area contributed by atoms with Gasteiger partial charge in [0, 0.05) is 0 Å².